The van der Waals surface area contributed by atoms with E-state index in [-0.39, 0.29) is 22.6 Å². The summed E-state index contributed by atoms with van der Waals surface area (Å²) >= 11 is 1.70. The number of rotatable bonds is 9. The third-order valence-electron chi connectivity index (χ3n) is 5.15. The quantitative estimate of drug-likeness (QED) is 0.629. The lowest BCUT2D eigenvalue weighted by Crippen LogP contribution is -2.44. The van der Waals surface area contributed by atoms with E-state index < -0.39 is 10.0 Å². The fourth-order valence-electron chi connectivity index (χ4n) is 3.50. The molecule has 0 aromatic heterocycles. The van der Waals surface area contributed by atoms with Crippen molar-refractivity contribution in [1.82, 2.24) is 9.62 Å². The summed E-state index contributed by atoms with van der Waals surface area (Å²) in [5.74, 6) is 2.02. The van der Waals surface area contributed by atoms with Gasteiger partial charge in [-0.2, -0.15) is 16.1 Å². The van der Waals surface area contributed by atoms with E-state index in [1.165, 1.54) is 0 Å². The Morgan fingerprint density at radius 1 is 1.30 bits per heavy atom. The van der Waals surface area contributed by atoms with Crippen LogP contribution in [0, 0.1) is 11.8 Å². The van der Waals surface area contributed by atoms with Gasteiger partial charge in [0.1, 0.15) is 5.75 Å². The van der Waals surface area contributed by atoms with Gasteiger partial charge in [-0.1, -0.05) is 13.3 Å². The summed E-state index contributed by atoms with van der Waals surface area (Å²) in [5.41, 5.74) is 0. The van der Waals surface area contributed by atoms with Crippen LogP contribution in [0.5, 0.6) is 5.75 Å². The molecule has 1 heterocycles. The Balaban J connectivity index is 2.00. The topological polar surface area (TPSA) is 75.7 Å². The summed E-state index contributed by atoms with van der Waals surface area (Å²) in [4.78, 5) is 12.4. The fourth-order valence-corrected chi connectivity index (χ4v) is 5.31. The molecule has 1 aliphatic heterocycles. The lowest BCUT2D eigenvalue weighted by atomic mass is 9.82. The molecule has 0 saturated carbocycles. The molecule has 2 atom stereocenters. The van der Waals surface area contributed by atoms with Crippen LogP contribution < -0.4 is 10.1 Å². The average Bonchev–Trinajstić information content (AvgIpc) is 2.68. The van der Waals surface area contributed by atoms with Gasteiger partial charge in [0.05, 0.1) is 12.0 Å². The number of methoxy groups -OCH3 is 1. The number of sulfonamides is 1. The minimum atomic E-state index is -3.53. The predicted molar refractivity (Wildman–Crippen MR) is 110 cm³/mol. The third-order valence-corrected chi connectivity index (χ3v) is 7.64. The largest absolute Gasteiger partial charge is 0.497 e. The number of nitrogens with one attached hydrogen (secondary N) is 1. The van der Waals surface area contributed by atoms with E-state index in [0.717, 1.165) is 12.2 Å². The number of benzene rings is 1. The number of carbonyl (C=O) groups excluding carboxylic acids is 1. The average molecular weight is 415 g/mol. The van der Waals surface area contributed by atoms with E-state index in [0.29, 0.717) is 38.2 Å². The second-order valence-electron chi connectivity index (χ2n) is 6.80. The predicted octanol–water partition coefficient (Wildman–Crippen LogP) is 2.60. The number of ether oxygens (including phenoxy) is 1. The molecule has 2 unspecified atom stereocenters. The van der Waals surface area contributed by atoms with Gasteiger partial charge in [-0.05, 0) is 48.8 Å². The van der Waals surface area contributed by atoms with Crippen LogP contribution >= 0.6 is 11.8 Å². The summed E-state index contributed by atoms with van der Waals surface area (Å²) in [6, 6.07) is 6.49. The molecule has 1 saturated heterocycles. The molecule has 1 N–H and O–H groups in total. The van der Waals surface area contributed by atoms with Crippen LogP contribution in [0.1, 0.15) is 26.2 Å². The standard InChI is InChI=1S/C19H30N2O4S2/c1-4-15-14-21(11-9-16(15)13-19(22)20-10-12-26-3)27(23,24)18-7-5-17(25-2)6-8-18/h5-8,15-16H,4,9-14H2,1-3H3,(H,20,22). The maximum Gasteiger partial charge on any atom is 0.243 e. The van der Waals surface area contributed by atoms with Gasteiger partial charge in [0, 0.05) is 31.8 Å². The molecule has 1 aliphatic rings. The highest BCUT2D eigenvalue weighted by molar-refractivity contribution is 7.98. The number of nitrogens with zero attached hydrogens (tertiary/aromatic N) is 1. The van der Waals surface area contributed by atoms with Gasteiger partial charge in [-0.3, -0.25) is 4.79 Å². The normalized spacial score (nSPS) is 21.0. The highest BCUT2D eigenvalue weighted by Crippen LogP contribution is 2.32. The monoisotopic (exact) mass is 414 g/mol. The van der Waals surface area contributed by atoms with Crippen LogP contribution in [0.3, 0.4) is 0 Å². The molecule has 1 fully saturated rings. The number of hydrogen-bond donors (Lipinski definition) is 1. The first-order valence-electron chi connectivity index (χ1n) is 9.32. The zero-order valence-electron chi connectivity index (χ0n) is 16.3. The summed E-state index contributed by atoms with van der Waals surface area (Å²) in [7, 11) is -1.97. The van der Waals surface area contributed by atoms with Crippen molar-refractivity contribution in [3.05, 3.63) is 24.3 Å². The van der Waals surface area contributed by atoms with Crippen LogP contribution in [0.2, 0.25) is 0 Å². The van der Waals surface area contributed by atoms with Crippen LogP contribution in [0.4, 0.5) is 0 Å². The highest BCUT2D eigenvalue weighted by atomic mass is 32.2. The molecular formula is C19H30N2O4S2. The van der Waals surface area contributed by atoms with Gasteiger partial charge >= 0.3 is 0 Å². The highest BCUT2D eigenvalue weighted by Gasteiger charge is 2.35. The molecule has 0 aliphatic carbocycles. The number of carbonyl (C=O) groups is 1. The Labute approximate surface area is 167 Å². The molecule has 2 rings (SSSR count). The molecular weight excluding hydrogens is 384 g/mol. The van der Waals surface area contributed by atoms with Gasteiger partial charge in [0.15, 0.2) is 0 Å². The van der Waals surface area contributed by atoms with Crippen molar-refractivity contribution in [2.75, 3.05) is 38.8 Å². The summed E-state index contributed by atoms with van der Waals surface area (Å²) < 4.78 is 32.6. The van der Waals surface area contributed by atoms with Crippen LogP contribution in [0.15, 0.2) is 29.2 Å². The first kappa shape index (κ1) is 22.0. The van der Waals surface area contributed by atoms with E-state index in [2.05, 4.69) is 12.2 Å². The molecule has 8 heteroatoms. The van der Waals surface area contributed by atoms with Crippen LogP contribution in [-0.4, -0.2) is 57.4 Å². The first-order chi connectivity index (χ1) is 12.9. The third kappa shape index (κ3) is 5.86. The number of hydrogen-bond acceptors (Lipinski definition) is 5. The lowest BCUT2D eigenvalue weighted by Gasteiger charge is -2.37. The SMILES string of the molecule is CCC1CN(S(=O)(=O)c2ccc(OC)cc2)CCC1CC(=O)NCCSC. The number of piperidine rings is 1. The Morgan fingerprint density at radius 2 is 2.00 bits per heavy atom. The Morgan fingerprint density at radius 3 is 2.59 bits per heavy atom. The summed E-state index contributed by atoms with van der Waals surface area (Å²) in [6.07, 6.45) is 4.06. The van der Waals surface area contributed by atoms with E-state index in [1.54, 1.807) is 47.4 Å². The number of amides is 1. The van der Waals surface area contributed by atoms with E-state index in [4.69, 9.17) is 4.74 Å². The molecule has 0 bridgehead atoms. The molecule has 1 aromatic carbocycles. The Hall–Kier alpha value is -1.25. The summed E-state index contributed by atoms with van der Waals surface area (Å²) in [6.45, 7) is 3.66. The smallest absolute Gasteiger partial charge is 0.243 e. The van der Waals surface area contributed by atoms with E-state index in [1.807, 2.05) is 6.26 Å². The summed E-state index contributed by atoms with van der Waals surface area (Å²) in [5, 5.41) is 2.95. The second-order valence-corrected chi connectivity index (χ2v) is 9.73. The molecule has 0 spiro atoms. The van der Waals surface area contributed by atoms with Crippen molar-refractivity contribution < 1.29 is 17.9 Å². The van der Waals surface area contributed by atoms with Crippen LogP contribution in [-0.2, 0) is 14.8 Å². The molecule has 1 aromatic rings. The maximum atomic E-state index is 13.0. The van der Waals surface area contributed by atoms with Gasteiger partial charge in [0.25, 0.3) is 0 Å². The van der Waals surface area contributed by atoms with Crippen molar-refractivity contribution in [3.63, 3.8) is 0 Å². The van der Waals surface area contributed by atoms with Gasteiger partial charge in [-0.25, -0.2) is 8.42 Å². The van der Waals surface area contributed by atoms with Crippen molar-refractivity contribution in [2.24, 2.45) is 11.8 Å². The van der Waals surface area contributed by atoms with Crippen molar-refractivity contribution >= 4 is 27.7 Å². The zero-order valence-corrected chi connectivity index (χ0v) is 17.9. The fraction of sp³-hybridized carbons (Fsp3) is 0.632. The Kier molecular flexibility index (Phi) is 8.44. The minimum Gasteiger partial charge on any atom is -0.497 e. The van der Waals surface area contributed by atoms with Gasteiger partial charge in [-0.15, -0.1) is 0 Å². The molecule has 1 amide bonds. The number of thioether (sulfide) groups is 1. The van der Waals surface area contributed by atoms with Crippen molar-refractivity contribution in [1.29, 1.82) is 0 Å². The first-order valence-corrected chi connectivity index (χ1v) is 12.2. The van der Waals surface area contributed by atoms with Crippen molar-refractivity contribution in [3.8, 4) is 5.75 Å². The lowest BCUT2D eigenvalue weighted by molar-refractivity contribution is -0.122. The maximum absolute atomic E-state index is 13.0. The van der Waals surface area contributed by atoms with Gasteiger partial charge in [0.2, 0.25) is 15.9 Å². The van der Waals surface area contributed by atoms with Crippen LogP contribution in [0.25, 0.3) is 0 Å². The molecule has 0 radical (unpaired) electrons. The van der Waals surface area contributed by atoms with E-state index >= 15 is 0 Å². The Bertz CT molecular complexity index is 707. The molecule has 152 valence electrons. The van der Waals surface area contributed by atoms with Gasteiger partial charge < -0.3 is 10.1 Å². The van der Waals surface area contributed by atoms with E-state index in [9.17, 15) is 13.2 Å². The molecule has 6 nitrogen and oxygen atoms in total. The van der Waals surface area contributed by atoms with Crippen molar-refractivity contribution in [2.45, 2.75) is 31.1 Å². The zero-order chi connectivity index (χ0) is 19.9. The minimum absolute atomic E-state index is 0.0685. The second kappa shape index (κ2) is 10.3. The molecule has 27 heavy (non-hydrogen) atoms.